The summed E-state index contributed by atoms with van der Waals surface area (Å²) in [5, 5.41) is 0.802. The van der Waals surface area contributed by atoms with E-state index in [0.717, 1.165) is 16.3 Å². The topological polar surface area (TPSA) is 26.0 Å². The Hall–Kier alpha value is -0.960. The Kier molecular flexibility index (Phi) is 4.92. The van der Waals surface area contributed by atoms with Gasteiger partial charge in [0.25, 0.3) is 0 Å². The maximum atomic E-state index is 6.34. The highest BCUT2D eigenvalue weighted by molar-refractivity contribution is 7.99. The third kappa shape index (κ3) is 3.75. The molecule has 3 heteroatoms. The van der Waals surface area contributed by atoms with Gasteiger partial charge in [-0.1, -0.05) is 47.1 Å². The van der Waals surface area contributed by atoms with E-state index < -0.39 is 0 Å². The molecule has 0 bridgehead atoms. The summed E-state index contributed by atoms with van der Waals surface area (Å²) in [6.45, 7) is 4.89. The molecule has 2 rings (SSSR count). The number of rotatable bonds is 4. The lowest BCUT2D eigenvalue weighted by atomic mass is 10.1. The monoisotopic (exact) mass is 291 g/mol. The molecule has 0 fully saturated rings. The number of hydrogen-bond donors (Lipinski definition) is 1. The van der Waals surface area contributed by atoms with Crippen molar-refractivity contribution in [1.82, 2.24) is 0 Å². The first-order valence-electron chi connectivity index (χ1n) is 6.34. The molecular formula is C16H18ClNS. The molecule has 2 aromatic carbocycles. The zero-order valence-corrected chi connectivity index (χ0v) is 12.8. The van der Waals surface area contributed by atoms with Gasteiger partial charge in [0, 0.05) is 9.79 Å². The van der Waals surface area contributed by atoms with Gasteiger partial charge in [-0.15, -0.1) is 0 Å². The summed E-state index contributed by atoms with van der Waals surface area (Å²) in [6.07, 6.45) is 0.869. The summed E-state index contributed by atoms with van der Waals surface area (Å²) in [7, 11) is 0. The number of benzene rings is 2. The minimum Gasteiger partial charge on any atom is -0.330 e. The molecule has 0 unspecified atom stereocenters. The lowest BCUT2D eigenvalue weighted by Gasteiger charge is -2.09. The lowest BCUT2D eigenvalue weighted by molar-refractivity contribution is 0.966. The molecule has 19 heavy (non-hydrogen) atoms. The van der Waals surface area contributed by atoms with Crippen LogP contribution in [0.3, 0.4) is 0 Å². The number of aryl methyl sites for hydroxylation is 2. The van der Waals surface area contributed by atoms with Crippen molar-refractivity contribution in [2.24, 2.45) is 5.73 Å². The van der Waals surface area contributed by atoms with E-state index in [1.165, 1.54) is 21.6 Å². The highest BCUT2D eigenvalue weighted by Gasteiger charge is 2.06. The fourth-order valence-electron chi connectivity index (χ4n) is 1.98. The van der Waals surface area contributed by atoms with Gasteiger partial charge in [0.15, 0.2) is 0 Å². The summed E-state index contributed by atoms with van der Waals surface area (Å²) in [4.78, 5) is 2.34. The highest BCUT2D eigenvalue weighted by atomic mass is 35.5. The predicted octanol–water partition coefficient (Wildman–Crippen LogP) is 4.61. The Labute approximate surface area is 124 Å². The number of nitrogens with two attached hydrogens (primary N) is 1. The summed E-state index contributed by atoms with van der Waals surface area (Å²) in [5.41, 5.74) is 9.32. The zero-order chi connectivity index (χ0) is 13.8. The van der Waals surface area contributed by atoms with Gasteiger partial charge >= 0.3 is 0 Å². The van der Waals surface area contributed by atoms with Crippen molar-refractivity contribution < 1.29 is 0 Å². The summed E-state index contributed by atoms with van der Waals surface area (Å²) in [6, 6.07) is 12.7. The van der Waals surface area contributed by atoms with E-state index in [1.54, 1.807) is 11.8 Å². The van der Waals surface area contributed by atoms with Crippen LogP contribution in [-0.4, -0.2) is 6.54 Å². The normalized spacial score (nSPS) is 10.7. The Bertz CT molecular complexity index is 581. The van der Waals surface area contributed by atoms with Gasteiger partial charge in [-0.25, -0.2) is 0 Å². The molecule has 0 heterocycles. The first kappa shape index (κ1) is 14.4. The zero-order valence-electron chi connectivity index (χ0n) is 11.2. The number of halogens is 1. The molecular weight excluding hydrogens is 274 g/mol. The Morgan fingerprint density at radius 2 is 1.79 bits per heavy atom. The molecule has 0 atom stereocenters. The van der Waals surface area contributed by atoms with E-state index in [2.05, 4.69) is 44.2 Å². The first-order valence-corrected chi connectivity index (χ1v) is 7.53. The van der Waals surface area contributed by atoms with Crippen LogP contribution in [0.5, 0.6) is 0 Å². The first-order chi connectivity index (χ1) is 9.10. The average molecular weight is 292 g/mol. The van der Waals surface area contributed by atoms with Crippen LogP contribution < -0.4 is 5.73 Å². The molecule has 0 aliphatic rings. The van der Waals surface area contributed by atoms with E-state index in [4.69, 9.17) is 17.3 Å². The maximum Gasteiger partial charge on any atom is 0.0548 e. The summed E-state index contributed by atoms with van der Waals surface area (Å²) < 4.78 is 0. The average Bonchev–Trinajstić information content (AvgIpc) is 2.36. The molecule has 100 valence electrons. The summed E-state index contributed by atoms with van der Waals surface area (Å²) in [5.74, 6) is 0. The van der Waals surface area contributed by atoms with Gasteiger partial charge < -0.3 is 5.73 Å². The maximum absolute atomic E-state index is 6.34. The van der Waals surface area contributed by atoms with Crippen LogP contribution >= 0.6 is 23.4 Å². The van der Waals surface area contributed by atoms with Gasteiger partial charge in [-0.2, -0.15) is 0 Å². The van der Waals surface area contributed by atoms with E-state index in [0.29, 0.717) is 6.54 Å². The SMILES string of the molecule is Cc1ccc(Sc2ccc(CCN)cc2Cl)c(C)c1. The molecule has 0 spiro atoms. The fourth-order valence-corrected chi connectivity index (χ4v) is 3.19. The van der Waals surface area contributed by atoms with Crippen molar-refractivity contribution >= 4 is 23.4 Å². The van der Waals surface area contributed by atoms with Crippen molar-refractivity contribution in [2.45, 2.75) is 30.1 Å². The molecule has 2 aromatic rings. The van der Waals surface area contributed by atoms with Crippen LogP contribution in [0.25, 0.3) is 0 Å². The van der Waals surface area contributed by atoms with E-state index in [9.17, 15) is 0 Å². The smallest absolute Gasteiger partial charge is 0.0548 e. The molecule has 1 nitrogen and oxygen atoms in total. The Morgan fingerprint density at radius 1 is 1.05 bits per heavy atom. The van der Waals surface area contributed by atoms with Crippen molar-refractivity contribution in [3.8, 4) is 0 Å². The second kappa shape index (κ2) is 6.47. The minimum atomic E-state index is 0.653. The Balaban J connectivity index is 2.23. The molecule has 0 aromatic heterocycles. The molecule has 0 radical (unpaired) electrons. The van der Waals surface area contributed by atoms with Crippen LogP contribution in [0.4, 0.5) is 0 Å². The predicted molar refractivity (Wildman–Crippen MR) is 84.2 cm³/mol. The van der Waals surface area contributed by atoms with Crippen LogP contribution in [-0.2, 0) is 6.42 Å². The molecule has 2 N–H and O–H groups in total. The lowest BCUT2D eigenvalue weighted by Crippen LogP contribution is -2.02. The largest absolute Gasteiger partial charge is 0.330 e. The van der Waals surface area contributed by atoms with Crippen LogP contribution in [0.2, 0.25) is 5.02 Å². The standard InChI is InChI=1S/C16H18ClNS/c1-11-3-5-15(12(2)9-11)19-16-6-4-13(7-8-18)10-14(16)17/h3-6,9-10H,7-8,18H2,1-2H3. The molecule has 0 amide bonds. The minimum absolute atomic E-state index is 0.653. The second-order valence-electron chi connectivity index (χ2n) is 4.67. The second-order valence-corrected chi connectivity index (χ2v) is 6.17. The van der Waals surface area contributed by atoms with Crippen LogP contribution in [0, 0.1) is 13.8 Å². The fraction of sp³-hybridized carbons (Fsp3) is 0.250. The van der Waals surface area contributed by atoms with Crippen LogP contribution in [0.1, 0.15) is 16.7 Å². The molecule has 0 saturated carbocycles. The van der Waals surface area contributed by atoms with Gasteiger partial charge in [0.05, 0.1) is 5.02 Å². The van der Waals surface area contributed by atoms with Crippen molar-refractivity contribution in [1.29, 1.82) is 0 Å². The van der Waals surface area contributed by atoms with Crippen molar-refractivity contribution in [3.05, 3.63) is 58.1 Å². The summed E-state index contributed by atoms with van der Waals surface area (Å²) >= 11 is 8.05. The quantitative estimate of drug-likeness (QED) is 0.890. The third-order valence-electron chi connectivity index (χ3n) is 2.98. The van der Waals surface area contributed by atoms with E-state index in [-0.39, 0.29) is 0 Å². The number of hydrogen-bond acceptors (Lipinski definition) is 2. The van der Waals surface area contributed by atoms with Crippen molar-refractivity contribution in [3.63, 3.8) is 0 Å². The third-order valence-corrected chi connectivity index (χ3v) is 4.66. The van der Waals surface area contributed by atoms with Crippen LogP contribution in [0.15, 0.2) is 46.2 Å². The molecule has 0 saturated heterocycles. The highest BCUT2D eigenvalue weighted by Crippen LogP contribution is 2.35. The van der Waals surface area contributed by atoms with E-state index in [1.807, 2.05) is 6.07 Å². The molecule has 0 aliphatic heterocycles. The van der Waals surface area contributed by atoms with Gasteiger partial charge in [0.2, 0.25) is 0 Å². The van der Waals surface area contributed by atoms with Crippen molar-refractivity contribution in [2.75, 3.05) is 6.54 Å². The van der Waals surface area contributed by atoms with Gasteiger partial charge in [-0.3, -0.25) is 0 Å². The Morgan fingerprint density at radius 3 is 2.42 bits per heavy atom. The van der Waals surface area contributed by atoms with Gasteiger partial charge in [-0.05, 0) is 56.1 Å². The molecule has 0 aliphatic carbocycles. The van der Waals surface area contributed by atoms with Gasteiger partial charge in [0.1, 0.15) is 0 Å². The van der Waals surface area contributed by atoms with E-state index >= 15 is 0 Å².